The van der Waals surface area contributed by atoms with Gasteiger partial charge in [-0.2, -0.15) is 0 Å². The Morgan fingerprint density at radius 2 is 2.06 bits per heavy atom. The zero-order valence-corrected chi connectivity index (χ0v) is 18.7. The van der Waals surface area contributed by atoms with Gasteiger partial charge < -0.3 is 24.3 Å². The molecule has 0 amide bonds. The first-order valence-electron chi connectivity index (χ1n) is 11.1. The number of hydrogen-bond acceptors (Lipinski definition) is 9. The third-order valence-corrected chi connectivity index (χ3v) is 6.10. The number of benzene rings is 1. The molecular formula is C24H27N5O4. The van der Waals surface area contributed by atoms with E-state index in [4.69, 9.17) is 13.9 Å². The van der Waals surface area contributed by atoms with Crippen molar-refractivity contribution >= 4 is 28.6 Å². The van der Waals surface area contributed by atoms with E-state index < -0.39 is 0 Å². The normalized spacial score (nSPS) is 18.2. The van der Waals surface area contributed by atoms with E-state index in [0.29, 0.717) is 41.5 Å². The summed E-state index contributed by atoms with van der Waals surface area (Å²) in [6.07, 6.45) is 3.38. The molecule has 4 heterocycles. The van der Waals surface area contributed by atoms with Crippen molar-refractivity contribution in [1.82, 2.24) is 15.2 Å². The van der Waals surface area contributed by atoms with Crippen molar-refractivity contribution in [3.05, 3.63) is 47.3 Å². The Labute approximate surface area is 191 Å². The van der Waals surface area contributed by atoms with E-state index in [9.17, 15) is 5.11 Å². The highest BCUT2D eigenvalue weighted by Gasteiger charge is 2.27. The Morgan fingerprint density at radius 1 is 1.21 bits per heavy atom. The van der Waals surface area contributed by atoms with Crippen molar-refractivity contribution in [2.24, 2.45) is 10.2 Å². The van der Waals surface area contributed by atoms with E-state index in [1.54, 1.807) is 19.4 Å². The molecule has 0 spiro atoms. The molecule has 1 fully saturated rings. The maximum absolute atomic E-state index is 11.0. The van der Waals surface area contributed by atoms with Gasteiger partial charge in [0.15, 0.2) is 17.3 Å². The van der Waals surface area contributed by atoms with Crippen LogP contribution in [0.15, 0.2) is 45.1 Å². The van der Waals surface area contributed by atoms with Crippen molar-refractivity contribution in [3.8, 4) is 11.5 Å². The predicted octanol–water partition coefficient (Wildman–Crippen LogP) is 4.12. The van der Waals surface area contributed by atoms with Crippen molar-refractivity contribution < 1.29 is 19.0 Å². The second-order valence-corrected chi connectivity index (χ2v) is 8.08. The lowest BCUT2D eigenvalue weighted by Crippen LogP contribution is -2.44. The number of rotatable bonds is 7. The van der Waals surface area contributed by atoms with Crippen LogP contribution in [0.5, 0.6) is 11.5 Å². The first kappa shape index (κ1) is 21.6. The SMILES string of the molecule is COCCOc1ccc2c(O)c(/C=C3\N=Nc4ncccc43)oc2c1C(C)N1CCNCC1. The number of nitrogens with one attached hydrogen (secondary N) is 1. The smallest absolute Gasteiger partial charge is 0.183 e. The monoisotopic (exact) mass is 449 g/mol. The third-order valence-electron chi connectivity index (χ3n) is 6.10. The summed E-state index contributed by atoms with van der Waals surface area (Å²) in [5.74, 6) is 1.69. The lowest BCUT2D eigenvalue weighted by molar-refractivity contribution is 0.142. The number of furan rings is 1. The average Bonchev–Trinajstić information content (AvgIpc) is 3.40. The van der Waals surface area contributed by atoms with Crippen molar-refractivity contribution in [2.45, 2.75) is 13.0 Å². The van der Waals surface area contributed by atoms with Crippen LogP contribution in [0.1, 0.15) is 29.9 Å². The van der Waals surface area contributed by atoms with Gasteiger partial charge in [0, 0.05) is 57.2 Å². The maximum atomic E-state index is 11.0. The van der Waals surface area contributed by atoms with E-state index in [0.717, 1.165) is 43.1 Å². The molecule has 3 aromatic rings. The van der Waals surface area contributed by atoms with Gasteiger partial charge in [0.2, 0.25) is 0 Å². The molecular weight excluding hydrogens is 422 g/mol. The van der Waals surface area contributed by atoms with E-state index >= 15 is 0 Å². The Hall–Kier alpha value is -3.27. The lowest BCUT2D eigenvalue weighted by Gasteiger charge is -2.33. The van der Waals surface area contributed by atoms with Crippen LogP contribution in [0.4, 0.5) is 5.82 Å². The molecule has 1 unspecified atom stereocenters. The molecule has 9 heteroatoms. The van der Waals surface area contributed by atoms with Crippen LogP contribution in [-0.4, -0.2) is 61.5 Å². The minimum Gasteiger partial charge on any atom is -0.504 e. The molecule has 5 rings (SSSR count). The first-order chi connectivity index (χ1) is 16.2. The Kier molecular flexibility index (Phi) is 6.08. The van der Waals surface area contributed by atoms with Crippen molar-refractivity contribution in [1.29, 1.82) is 0 Å². The van der Waals surface area contributed by atoms with Gasteiger partial charge in [-0.15, -0.1) is 10.2 Å². The fourth-order valence-electron chi connectivity index (χ4n) is 4.34. The number of fused-ring (bicyclic) bond motifs is 2. The molecule has 1 atom stereocenters. The number of aromatic hydroxyl groups is 1. The average molecular weight is 450 g/mol. The molecule has 0 radical (unpaired) electrons. The molecule has 2 N–H and O–H groups in total. The quantitative estimate of drug-likeness (QED) is 0.523. The van der Waals surface area contributed by atoms with Gasteiger partial charge in [-0.05, 0) is 31.2 Å². The van der Waals surface area contributed by atoms with E-state index in [-0.39, 0.29) is 11.8 Å². The topological polar surface area (TPSA) is 105 Å². The van der Waals surface area contributed by atoms with Gasteiger partial charge >= 0.3 is 0 Å². The maximum Gasteiger partial charge on any atom is 0.183 e. The Morgan fingerprint density at radius 3 is 2.88 bits per heavy atom. The van der Waals surface area contributed by atoms with Crippen LogP contribution < -0.4 is 10.1 Å². The molecule has 0 saturated carbocycles. The largest absolute Gasteiger partial charge is 0.504 e. The summed E-state index contributed by atoms with van der Waals surface area (Å²) in [5.41, 5.74) is 2.93. The molecule has 1 aromatic carbocycles. The summed E-state index contributed by atoms with van der Waals surface area (Å²) < 4.78 is 17.5. The summed E-state index contributed by atoms with van der Waals surface area (Å²) in [7, 11) is 1.65. The first-order valence-corrected chi connectivity index (χ1v) is 11.1. The molecule has 1 saturated heterocycles. The number of nitrogens with zero attached hydrogens (tertiary/aromatic N) is 4. The number of piperazine rings is 1. The molecule has 2 aliphatic heterocycles. The summed E-state index contributed by atoms with van der Waals surface area (Å²) in [6, 6.07) is 7.49. The number of aromatic nitrogens is 1. The van der Waals surface area contributed by atoms with Crippen LogP contribution in [0, 0.1) is 0 Å². The van der Waals surface area contributed by atoms with Crippen LogP contribution >= 0.6 is 0 Å². The van der Waals surface area contributed by atoms with E-state index in [1.165, 1.54) is 0 Å². The predicted molar refractivity (Wildman–Crippen MR) is 125 cm³/mol. The van der Waals surface area contributed by atoms with Gasteiger partial charge in [-0.3, -0.25) is 4.90 Å². The van der Waals surface area contributed by atoms with Crippen LogP contribution in [0.2, 0.25) is 0 Å². The van der Waals surface area contributed by atoms with Gasteiger partial charge in [-0.25, -0.2) is 4.98 Å². The summed E-state index contributed by atoms with van der Waals surface area (Å²) >= 11 is 0. The second kappa shape index (κ2) is 9.30. The Bertz CT molecular complexity index is 1210. The summed E-state index contributed by atoms with van der Waals surface area (Å²) in [4.78, 5) is 6.61. The van der Waals surface area contributed by atoms with Crippen LogP contribution in [-0.2, 0) is 4.74 Å². The lowest BCUT2D eigenvalue weighted by atomic mass is 10.0. The van der Waals surface area contributed by atoms with Crippen molar-refractivity contribution in [2.75, 3.05) is 46.5 Å². The number of pyridine rings is 1. The Balaban J connectivity index is 1.59. The van der Waals surface area contributed by atoms with E-state index in [1.807, 2.05) is 24.3 Å². The minimum absolute atomic E-state index is 0.0375. The van der Waals surface area contributed by atoms with Crippen molar-refractivity contribution in [3.63, 3.8) is 0 Å². The zero-order chi connectivity index (χ0) is 22.8. The molecule has 2 aliphatic rings. The molecule has 0 aliphatic carbocycles. The van der Waals surface area contributed by atoms with Crippen LogP contribution in [0.25, 0.3) is 22.7 Å². The number of ether oxygens (including phenoxy) is 2. The highest BCUT2D eigenvalue weighted by molar-refractivity contribution is 5.95. The minimum atomic E-state index is 0.0375. The standard InChI is InChI=1S/C24H27N5O4/c1-15(29-10-8-25-9-11-29)21-19(32-13-12-31-2)6-5-17-22(30)20(33-23(17)21)14-18-16-4-3-7-26-24(16)28-27-18/h3-7,14-15,25,30H,8-13H2,1-2H3/b18-14-. The molecule has 172 valence electrons. The highest BCUT2D eigenvalue weighted by Crippen LogP contribution is 2.44. The van der Waals surface area contributed by atoms with E-state index in [2.05, 4.69) is 32.4 Å². The zero-order valence-electron chi connectivity index (χ0n) is 18.7. The fraction of sp³-hybridized carbons (Fsp3) is 0.375. The van der Waals surface area contributed by atoms with Gasteiger partial charge in [0.1, 0.15) is 23.6 Å². The highest BCUT2D eigenvalue weighted by atomic mass is 16.5. The molecule has 0 bridgehead atoms. The molecule has 2 aromatic heterocycles. The fourth-order valence-corrected chi connectivity index (χ4v) is 4.34. The summed E-state index contributed by atoms with van der Waals surface area (Å²) in [6.45, 7) is 6.76. The second-order valence-electron chi connectivity index (χ2n) is 8.08. The third kappa shape index (κ3) is 4.10. The van der Waals surface area contributed by atoms with Gasteiger partial charge in [-0.1, -0.05) is 0 Å². The number of methoxy groups -OCH3 is 1. The van der Waals surface area contributed by atoms with Crippen LogP contribution in [0.3, 0.4) is 0 Å². The molecule has 9 nitrogen and oxygen atoms in total. The number of hydrogen-bond donors (Lipinski definition) is 2. The van der Waals surface area contributed by atoms with Gasteiger partial charge in [0.25, 0.3) is 0 Å². The van der Waals surface area contributed by atoms with Gasteiger partial charge in [0.05, 0.1) is 17.6 Å². The molecule has 33 heavy (non-hydrogen) atoms. The number of azo groups is 1. The summed E-state index contributed by atoms with van der Waals surface area (Å²) in [5, 5.41) is 23.3.